The van der Waals surface area contributed by atoms with E-state index in [4.69, 9.17) is 4.74 Å². The molecule has 0 N–H and O–H groups in total. The Bertz CT molecular complexity index is 2750. The zero-order valence-electron chi connectivity index (χ0n) is 59.9. The first-order chi connectivity index (χ1) is 43.0. The maximum absolute atomic E-state index is 11.8. The molecular weight excluding hydrogens is 1110 g/mol. The second-order valence-corrected chi connectivity index (χ2v) is 32.6. The van der Waals surface area contributed by atoms with E-state index in [0.717, 1.165) is 103 Å². The van der Waals surface area contributed by atoms with Gasteiger partial charge in [0.2, 0.25) is 0 Å². The fourth-order valence-corrected chi connectivity index (χ4v) is 23.5. The van der Waals surface area contributed by atoms with E-state index in [1.54, 1.807) is 65.4 Å². The molecule has 0 saturated heterocycles. The summed E-state index contributed by atoms with van der Waals surface area (Å²) in [5.74, 6) is 17.2. The van der Waals surface area contributed by atoms with E-state index in [1.165, 1.54) is 134 Å². The minimum Gasteiger partial charge on any atom is -0.466 e. The van der Waals surface area contributed by atoms with E-state index in [-0.39, 0.29) is 11.9 Å². The van der Waals surface area contributed by atoms with Crippen molar-refractivity contribution in [3.05, 3.63) is 74.7 Å². The number of allylic oxidation sites excluding steroid dienone is 8. The Labute approximate surface area is 548 Å². The largest absolute Gasteiger partial charge is 0.466 e. The average molecular weight is 1230 g/mol. The standard InChI is InChI=1S/C15H19N.3C14H22O.C13H22O2.C13H20O/c1-10(2)15-11-6-7-12(15)13(9-11)14-5-3-4-8-16-14;1-9(15)13-8-11-6-7-12(13)14(11)10-4-2-3-5-10;1-8(2)9(3)14-11-5-6-12(14)13(7-11)10(4)15;1-4-10(5-2)14-11-6-7-12(14)13(8-11)9(3)15;1-4-15-13(14)11-7-9-5-6-10(11)12(9)8(2)3;1-4-8(2)13-10-5-6-11(13)12(7-10)9(3)14/h3-5,8,11-13H,6-7,9H2,1-2H3;10-14H,2-8H2,1H3;8,11-13H,5-7H2,1-4H3;11-13H,4-8H2,1-3H3;8-12H,4-7H2,1-3H3;10-12H,4-7H2,1-3H3/b;;14-9-;;;13-8-. The molecule has 0 spiro atoms. The number of ether oxygens (including phenoxy) is 1. The fourth-order valence-electron chi connectivity index (χ4n) is 23.5. The topological polar surface area (TPSA) is 107 Å². The zero-order valence-corrected chi connectivity index (χ0v) is 59.9. The van der Waals surface area contributed by atoms with Crippen molar-refractivity contribution in [3.63, 3.8) is 0 Å². The second-order valence-electron chi connectivity index (χ2n) is 32.6. The molecule has 1 heterocycles. The summed E-state index contributed by atoms with van der Waals surface area (Å²) in [5, 5.41) is 0. The lowest BCUT2D eigenvalue weighted by molar-refractivity contribution is -0.150. The number of nitrogens with zero attached hydrogens (tertiary/aromatic N) is 1. The summed E-state index contributed by atoms with van der Waals surface area (Å²) in [6.45, 7) is 34.5. The van der Waals surface area contributed by atoms with Crippen LogP contribution >= 0.6 is 0 Å². The third-order valence-electron chi connectivity index (χ3n) is 27.4. The molecule has 0 amide bonds. The van der Waals surface area contributed by atoms with E-state index in [9.17, 15) is 24.0 Å². The van der Waals surface area contributed by atoms with E-state index in [1.807, 2.05) is 26.1 Å². The Balaban J connectivity index is 0.000000128. The molecule has 0 aliphatic heterocycles. The molecule has 7 heteroatoms. The van der Waals surface area contributed by atoms with Crippen molar-refractivity contribution in [3.8, 4) is 0 Å². The number of ketones is 4. The van der Waals surface area contributed by atoms with Gasteiger partial charge in [0.05, 0.1) is 12.5 Å². The van der Waals surface area contributed by atoms with Crippen LogP contribution in [-0.4, -0.2) is 40.7 Å². The van der Waals surface area contributed by atoms with Gasteiger partial charge in [-0.05, 0) is 310 Å². The number of esters is 1. The predicted octanol–water partition coefficient (Wildman–Crippen LogP) is 20.9. The van der Waals surface area contributed by atoms with E-state index in [2.05, 4.69) is 93.3 Å². The fraction of sp³-hybridized carbons (Fsp3) is 0.783. The van der Waals surface area contributed by atoms with Crippen LogP contribution in [0.2, 0.25) is 0 Å². The summed E-state index contributed by atoms with van der Waals surface area (Å²) < 4.78 is 5.17. The maximum atomic E-state index is 11.8. The number of aromatic nitrogens is 1. The van der Waals surface area contributed by atoms with Crippen LogP contribution < -0.4 is 0 Å². The molecule has 20 atom stereocenters. The summed E-state index contributed by atoms with van der Waals surface area (Å²) in [7, 11) is 0. The molecule has 500 valence electrons. The summed E-state index contributed by atoms with van der Waals surface area (Å²) in [6, 6.07) is 6.34. The number of fused-ring (bicyclic) bond motifs is 12. The highest BCUT2D eigenvalue weighted by Gasteiger charge is 2.54. The van der Waals surface area contributed by atoms with E-state index < -0.39 is 0 Å². The van der Waals surface area contributed by atoms with Crippen molar-refractivity contribution in [1.29, 1.82) is 0 Å². The SMILES string of the molecule is CC(=O)C1CC2CCC1/C2=C(/C)C(C)C.CC(=O)C1CC2CCC1C2C1CCCC1.CC(C)=C1C2CCC1C(c1ccccn1)C2.CC/C(C)=C1/C2CCC1C(C(C)=O)C2.CCC(CC)=C1C2CCC1C(C(C)=O)C2.CCOC(=O)C1CC2CCC1C2C(C)C. The molecule has 0 radical (unpaired) electrons. The Morgan fingerprint density at radius 1 is 0.467 bits per heavy atom. The minimum absolute atomic E-state index is 0.0651. The number of carbonyl (C=O) groups is 5. The Morgan fingerprint density at radius 2 is 0.967 bits per heavy atom. The number of rotatable bonds is 13. The molecule has 14 rings (SSSR count). The highest BCUT2D eigenvalue weighted by molar-refractivity contribution is 5.81. The summed E-state index contributed by atoms with van der Waals surface area (Å²) >= 11 is 0. The molecule has 13 saturated carbocycles. The number of pyridine rings is 1. The predicted molar refractivity (Wildman–Crippen MR) is 369 cm³/mol. The normalized spacial score (nSPS) is 37.6. The van der Waals surface area contributed by atoms with Crippen LogP contribution in [-0.2, 0) is 28.7 Å². The highest BCUT2D eigenvalue weighted by Crippen LogP contribution is 2.61. The van der Waals surface area contributed by atoms with Crippen LogP contribution in [0.1, 0.15) is 283 Å². The third-order valence-corrected chi connectivity index (χ3v) is 27.4. The van der Waals surface area contributed by atoms with Gasteiger partial charge in [0.25, 0.3) is 0 Å². The molecule has 90 heavy (non-hydrogen) atoms. The van der Waals surface area contributed by atoms with Gasteiger partial charge in [0, 0.05) is 41.5 Å². The minimum atomic E-state index is 0.0651. The number of carbonyl (C=O) groups excluding carboxylic acids is 5. The van der Waals surface area contributed by atoms with Crippen LogP contribution in [0.25, 0.3) is 0 Å². The molecule has 13 aliphatic carbocycles. The van der Waals surface area contributed by atoms with Gasteiger partial charge in [-0.1, -0.05) is 125 Å². The van der Waals surface area contributed by atoms with Gasteiger partial charge >= 0.3 is 5.97 Å². The van der Waals surface area contributed by atoms with Crippen LogP contribution in [0.15, 0.2) is 69.0 Å². The van der Waals surface area contributed by atoms with E-state index in [0.29, 0.717) is 88.9 Å². The van der Waals surface area contributed by atoms with E-state index >= 15 is 0 Å². The number of hydrogen-bond acceptors (Lipinski definition) is 7. The molecular formula is C83H127NO6. The van der Waals surface area contributed by atoms with Gasteiger partial charge in [-0.3, -0.25) is 29.0 Å². The summed E-state index contributed by atoms with van der Waals surface area (Å²) in [4.78, 5) is 62.5. The average Bonchev–Trinajstić information content (AvgIpc) is 3.15. The van der Waals surface area contributed by atoms with Crippen LogP contribution in [0, 0.1) is 130 Å². The third kappa shape index (κ3) is 14.9. The number of Topliss-reactive ketones (excluding diaryl/α,β-unsaturated/α-hetero) is 4. The van der Waals surface area contributed by atoms with Crippen molar-refractivity contribution in [2.75, 3.05) is 6.61 Å². The molecule has 1 aromatic rings. The first kappa shape index (κ1) is 70.6. The molecule has 1 aromatic heterocycles. The van der Waals surface area contributed by atoms with Crippen molar-refractivity contribution < 1.29 is 28.7 Å². The zero-order chi connectivity index (χ0) is 65.0. The molecule has 13 aliphatic rings. The second kappa shape index (κ2) is 31.2. The Hall–Kier alpha value is -3.74. The molecule has 13 fully saturated rings. The van der Waals surface area contributed by atoms with Gasteiger partial charge in [-0.2, -0.15) is 0 Å². The molecule has 20 unspecified atom stereocenters. The van der Waals surface area contributed by atoms with Crippen molar-refractivity contribution >= 4 is 29.1 Å². The number of hydrogen-bond donors (Lipinski definition) is 0. The smallest absolute Gasteiger partial charge is 0.309 e. The van der Waals surface area contributed by atoms with Crippen LogP contribution in [0.3, 0.4) is 0 Å². The first-order valence-electron chi connectivity index (χ1n) is 37.9. The van der Waals surface area contributed by atoms with Gasteiger partial charge in [-0.15, -0.1) is 0 Å². The summed E-state index contributed by atoms with van der Waals surface area (Å²) in [6.07, 6.45) is 34.3. The maximum Gasteiger partial charge on any atom is 0.309 e. The summed E-state index contributed by atoms with van der Waals surface area (Å²) in [5.41, 5.74) is 14.4. The van der Waals surface area contributed by atoms with Gasteiger partial charge < -0.3 is 4.74 Å². The van der Waals surface area contributed by atoms with Gasteiger partial charge in [0.1, 0.15) is 23.1 Å². The Morgan fingerprint density at radius 3 is 1.42 bits per heavy atom. The molecule has 0 aromatic carbocycles. The Kier molecular flexibility index (Phi) is 24.5. The lowest BCUT2D eigenvalue weighted by atomic mass is 9.80. The van der Waals surface area contributed by atoms with Crippen molar-refractivity contribution in [2.45, 2.75) is 277 Å². The van der Waals surface area contributed by atoms with Gasteiger partial charge in [0.15, 0.2) is 0 Å². The monoisotopic (exact) mass is 1230 g/mol. The quantitative estimate of drug-likeness (QED) is 0.143. The van der Waals surface area contributed by atoms with Gasteiger partial charge in [-0.25, -0.2) is 0 Å². The first-order valence-corrected chi connectivity index (χ1v) is 37.9. The lowest BCUT2D eigenvalue weighted by Gasteiger charge is -2.24. The van der Waals surface area contributed by atoms with Crippen LogP contribution in [0.4, 0.5) is 0 Å². The lowest BCUT2D eigenvalue weighted by Crippen LogP contribution is -2.25. The van der Waals surface area contributed by atoms with Crippen LogP contribution in [0.5, 0.6) is 0 Å². The van der Waals surface area contributed by atoms with Crippen molar-refractivity contribution in [2.24, 2.45) is 130 Å². The highest BCUT2D eigenvalue weighted by atomic mass is 16.5. The van der Waals surface area contributed by atoms with Crippen molar-refractivity contribution in [1.82, 2.24) is 4.98 Å². The molecule has 7 nitrogen and oxygen atoms in total. The molecule has 12 bridgehead atoms.